The highest BCUT2D eigenvalue weighted by Crippen LogP contribution is 2.35. The van der Waals surface area contributed by atoms with Crippen molar-refractivity contribution in [2.24, 2.45) is 5.92 Å². The molecule has 184 valence electrons. The number of carbonyl (C=O) groups excluding carboxylic acids is 2. The summed E-state index contributed by atoms with van der Waals surface area (Å²) < 4.78 is 6.27. The fourth-order valence-corrected chi connectivity index (χ4v) is 6.20. The number of nitrogens with zero attached hydrogens (tertiary/aromatic N) is 2. The molecular weight excluding hydrogens is 444 g/mol. The largest absolute Gasteiger partial charge is 0.491 e. The average Bonchev–Trinajstić information content (AvgIpc) is 3.47. The lowest BCUT2D eigenvalue weighted by molar-refractivity contribution is -0.149. The molecule has 0 bridgehead atoms. The molecule has 0 unspecified atom stereocenters. The first-order chi connectivity index (χ1) is 16.1. The first-order valence-corrected chi connectivity index (χ1v) is 13.4. The molecule has 6 heteroatoms. The van der Waals surface area contributed by atoms with E-state index in [9.17, 15) is 9.59 Å². The zero-order chi connectivity index (χ0) is 24.5. The van der Waals surface area contributed by atoms with Crippen molar-refractivity contribution in [3.63, 3.8) is 0 Å². The molecule has 0 N–H and O–H groups in total. The zero-order valence-electron chi connectivity index (χ0n) is 21.2. The number of carbonyl (C=O) groups is 2. The first kappa shape index (κ1) is 24.8. The molecule has 1 aliphatic carbocycles. The van der Waals surface area contributed by atoms with Gasteiger partial charge < -0.3 is 14.5 Å². The van der Waals surface area contributed by atoms with Gasteiger partial charge in [-0.05, 0) is 82.5 Å². The summed E-state index contributed by atoms with van der Waals surface area (Å²) in [4.78, 5) is 32.2. The quantitative estimate of drug-likeness (QED) is 0.532. The third-order valence-corrected chi connectivity index (χ3v) is 8.21. The van der Waals surface area contributed by atoms with Crippen LogP contribution in [0.4, 0.5) is 0 Å². The topological polar surface area (TPSA) is 49.9 Å². The molecule has 2 amide bonds. The van der Waals surface area contributed by atoms with Gasteiger partial charge in [0.1, 0.15) is 18.9 Å². The van der Waals surface area contributed by atoms with E-state index in [1.807, 2.05) is 36.6 Å². The predicted molar refractivity (Wildman–Crippen MR) is 137 cm³/mol. The normalized spacial score (nSPS) is 18.6. The minimum absolute atomic E-state index is 0.00681. The summed E-state index contributed by atoms with van der Waals surface area (Å²) in [6.07, 6.45) is 4.94. The van der Waals surface area contributed by atoms with Crippen LogP contribution in [0.1, 0.15) is 74.1 Å². The summed E-state index contributed by atoms with van der Waals surface area (Å²) in [5.41, 5.74) is 3.08. The van der Waals surface area contributed by atoms with Gasteiger partial charge in [-0.25, -0.2) is 0 Å². The predicted octanol–water partition coefficient (Wildman–Crippen LogP) is 5.69. The van der Waals surface area contributed by atoms with Gasteiger partial charge in [-0.3, -0.25) is 9.59 Å². The maximum absolute atomic E-state index is 13.7. The molecule has 1 fully saturated rings. The molecule has 1 aromatic carbocycles. The number of amides is 2. The van der Waals surface area contributed by atoms with Crippen molar-refractivity contribution in [1.82, 2.24) is 9.80 Å². The summed E-state index contributed by atoms with van der Waals surface area (Å²) in [5, 5.41) is 2.11. The number of benzene rings is 1. The maximum Gasteiger partial charge on any atom is 0.242 e. The molecule has 34 heavy (non-hydrogen) atoms. The van der Waals surface area contributed by atoms with Gasteiger partial charge in [0.25, 0.3) is 0 Å². The summed E-state index contributed by atoms with van der Waals surface area (Å²) in [6.45, 7) is 11.4. The Morgan fingerprint density at radius 3 is 2.56 bits per heavy atom. The Morgan fingerprint density at radius 1 is 1.15 bits per heavy atom. The third-order valence-electron chi connectivity index (χ3n) is 7.22. The van der Waals surface area contributed by atoms with Crippen molar-refractivity contribution in [3.8, 4) is 5.75 Å². The van der Waals surface area contributed by atoms with Crippen molar-refractivity contribution in [2.75, 3.05) is 19.7 Å². The van der Waals surface area contributed by atoms with Crippen LogP contribution in [0.5, 0.6) is 5.75 Å². The average molecular weight is 483 g/mol. The van der Waals surface area contributed by atoms with E-state index in [1.54, 1.807) is 11.3 Å². The molecule has 2 heterocycles. The number of hydrogen-bond acceptors (Lipinski definition) is 4. The van der Waals surface area contributed by atoms with Gasteiger partial charge in [0.15, 0.2) is 0 Å². The van der Waals surface area contributed by atoms with Crippen molar-refractivity contribution < 1.29 is 14.3 Å². The molecule has 1 atom stereocenters. The Bertz CT molecular complexity index is 1030. The Kier molecular flexibility index (Phi) is 7.36. The molecule has 4 rings (SSSR count). The van der Waals surface area contributed by atoms with Gasteiger partial charge in [-0.15, -0.1) is 11.3 Å². The summed E-state index contributed by atoms with van der Waals surface area (Å²) in [5.74, 6) is 1.05. The smallest absolute Gasteiger partial charge is 0.242 e. The van der Waals surface area contributed by atoms with Crippen LogP contribution in [-0.4, -0.2) is 46.8 Å². The molecule has 0 radical (unpaired) electrons. The van der Waals surface area contributed by atoms with Crippen LogP contribution < -0.4 is 4.74 Å². The number of aryl methyl sites for hydroxylation is 2. The number of thiophene rings is 1. The van der Waals surface area contributed by atoms with E-state index in [2.05, 4.69) is 37.4 Å². The van der Waals surface area contributed by atoms with Crippen LogP contribution in [-0.2, 0) is 16.0 Å². The van der Waals surface area contributed by atoms with E-state index >= 15 is 0 Å². The van der Waals surface area contributed by atoms with Crippen molar-refractivity contribution >= 4 is 23.2 Å². The SMILES string of the molecule is Cc1ccc(OC[C@H]2c3ccsc3CCN2C(=O)CN(C(=O)C2CCCC2)C(C)(C)C)c(C)c1. The standard InChI is InChI=1S/C28H38N2O3S/c1-19-10-11-24(20(2)16-19)33-18-23-22-13-15-34-25(22)12-14-29(23)26(31)17-30(28(3,4)5)27(32)21-8-6-7-9-21/h10-11,13,15-16,21,23H,6-9,12,14,17-18H2,1-5H3/t23-/m0/s1. The molecule has 0 saturated heterocycles. The lowest BCUT2D eigenvalue weighted by atomic mass is 9.98. The molecular formula is C28H38N2O3S. The second-order valence-corrected chi connectivity index (χ2v) is 11.8. The minimum Gasteiger partial charge on any atom is -0.491 e. The van der Waals surface area contributed by atoms with Gasteiger partial charge in [-0.2, -0.15) is 0 Å². The highest BCUT2D eigenvalue weighted by molar-refractivity contribution is 7.10. The second-order valence-electron chi connectivity index (χ2n) is 10.8. The molecule has 5 nitrogen and oxygen atoms in total. The number of rotatable bonds is 6. The highest BCUT2D eigenvalue weighted by Gasteiger charge is 2.38. The number of hydrogen-bond donors (Lipinski definition) is 0. The van der Waals surface area contributed by atoms with E-state index < -0.39 is 5.54 Å². The number of ether oxygens (including phenoxy) is 1. The van der Waals surface area contributed by atoms with E-state index in [4.69, 9.17) is 4.74 Å². The fraction of sp³-hybridized carbons (Fsp3) is 0.571. The lowest BCUT2D eigenvalue weighted by Gasteiger charge is -2.41. The monoisotopic (exact) mass is 482 g/mol. The lowest BCUT2D eigenvalue weighted by Crippen LogP contribution is -2.54. The van der Waals surface area contributed by atoms with Gasteiger partial charge in [0, 0.05) is 22.9 Å². The van der Waals surface area contributed by atoms with Gasteiger partial charge in [0.05, 0.1) is 6.04 Å². The highest BCUT2D eigenvalue weighted by atomic mass is 32.1. The van der Waals surface area contributed by atoms with Crippen LogP contribution >= 0.6 is 11.3 Å². The Labute approximate surface area is 208 Å². The van der Waals surface area contributed by atoms with E-state index in [0.717, 1.165) is 43.4 Å². The molecule has 1 aromatic heterocycles. The summed E-state index contributed by atoms with van der Waals surface area (Å²) >= 11 is 1.75. The second kappa shape index (κ2) is 10.1. The van der Waals surface area contributed by atoms with Crippen molar-refractivity contribution in [3.05, 3.63) is 51.2 Å². The molecule has 1 saturated carbocycles. The van der Waals surface area contributed by atoms with Crippen LogP contribution in [0.3, 0.4) is 0 Å². The Balaban J connectivity index is 1.54. The molecule has 1 aliphatic heterocycles. The first-order valence-electron chi connectivity index (χ1n) is 12.5. The minimum atomic E-state index is -0.399. The van der Waals surface area contributed by atoms with Gasteiger partial charge in [0.2, 0.25) is 11.8 Å². The zero-order valence-corrected chi connectivity index (χ0v) is 22.0. The van der Waals surface area contributed by atoms with Crippen LogP contribution in [0.2, 0.25) is 0 Å². The molecule has 2 aliphatic rings. The van der Waals surface area contributed by atoms with Gasteiger partial charge in [-0.1, -0.05) is 30.5 Å². The summed E-state index contributed by atoms with van der Waals surface area (Å²) in [7, 11) is 0. The van der Waals surface area contributed by atoms with Gasteiger partial charge >= 0.3 is 0 Å². The van der Waals surface area contributed by atoms with E-state index in [-0.39, 0.29) is 30.3 Å². The Morgan fingerprint density at radius 2 is 1.88 bits per heavy atom. The third kappa shape index (κ3) is 5.32. The number of fused-ring (bicyclic) bond motifs is 1. The molecule has 2 aromatic rings. The van der Waals surface area contributed by atoms with Crippen molar-refractivity contribution in [1.29, 1.82) is 0 Å². The molecule has 0 spiro atoms. The van der Waals surface area contributed by atoms with Crippen LogP contribution in [0, 0.1) is 19.8 Å². The maximum atomic E-state index is 13.7. The Hall–Kier alpha value is -2.34. The van der Waals surface area contributed by atoms with E-state index in [1.165, 1.54) is 16.0 Å². The van der Waals surface area contributed by atoms with Crippen LogP contribution in [0.25, 0.3) is 0 Å². The van der Waals surface area contributed by atoms with E-state index in [0.29, 0.717) is 13.2 Å². The van der Waals surface area contributed by atoms with Crippen LogP contribution in [0.15, 0.2) is 29.6 Å². The summed E-state index contributed by atoms with van der Waals surface area (Å²) in [6, 6.07) is 8.16. The fourth-order valence-electron chi connectivity index (χ4n) is 5.27. The van der Waals surface area contributed by atoms with Crippen molar-refractivity contribution in [2.45, 2.75) is 78.3 Å².